The summed E-state index contributed by atoms with van der Waals surface area (Å²) in [6.45, 7) is 4.67. The van der Waals surface area contributed by atoms with E-state index >= 15 is 0 Å². The van der Waals surface area contributed by atoms with Crippen molar-refractivity contribution in [3.05, 3.63) is 181 Å². The summed E-state index contributed by atoms with van der Waals surface area (Å²) in [6.07, 6.45) is 0. The Morgan fingerprint density at radius 3 is 2.11 bits per heavy atom. The molecule has 0 saturated carbocycles. The maximum atomic E-state index is 6.87. The number of furan rings is 1. The van der Waals surface area contributed by atoms with E-state index in [1.807, 2.05) is 36.4 Å². The fourth-order valence-electron chi connectivity index (χ4n) is 8.62. The van der Waals surface area contributed by atoms with Crippen LogP contribution in [0.1, 0.15) is 25.0 Å². The Hall–Kier alpha value is -6.91. The molecular formula is C50H34N2O2. The van der Waals surface area contributed by atoms with Gasteiger partial charge in [-0.2, -0.15) is 0 Å². The Kier molecular flexibility index (Phi) is 6.56. The summed E-state index contributed by atoms with van der Waals surface area (Å²) < 4.78 is 13.2. The molecule has 10 aromatic rings. The van der Waals surface area contributed by atoms with E-state index in [1.165, 1.54) is 44.2 Å². The van der Waals surface area contributed by atoms with Gasteiger partial charge < -0.3 is 13.7 Å². The van der Waals surface area contributed by atoms with Crippen molar-refractivity contribution in [3.8, 4) is 33.7 Å². The molecule has 8 aromatic carbocycles. The molecule has 0 saturated heterocycles. The lowest BCUT2D eigenvalue weighted by atomic mass is 9.82. The molecule has 0 aliphatic heterocycles. The number of benzene rings is 8. The summed E-state index contributed by atoms with van der Waals surface area (Å²) in [5, 5.41) is 4.35. The number of nitrogens with zero attached hydrogens (tertiary/aromatic N) is 2. The highest BCUT2D eigenvalue weighted by molar-refractivity contribution is 6.15. The molecule has 1 aliphatic carbocycles. The lowest BCUT2D eigenvalue weighted by Gasteiger charge is -2.28. The summed E-state index contributed by atoms with van der Waals surface area (Å²) in [6, 6.07) is 60.2. The standard InChI is InChI=1S/C50H34N2O2/c1-50(2)41-17-7-6-14-37(41)38-27-26-36(30-42(38)50)52(35-25-24-33-28-32(22-23-34(33)29-35)31-12-4-3-5-13-31)44-19-10-15-39-47-40(16-11-21-46(47)53-48(39)44)49-51-43-18-8-9-20-45(43)54-49/h3-30H,1-2H3. The molecule has 11 rings (SSSR count). The summed E-state index contributed by atoms with van der Waals surface area (Å²) in [7, 11) is 0. The van der Waals surface area contributed by atoms with Gasteiger partial charge in [0.05, 0.1) is 5.69 Å². The second-order valence-corrected chi connectivity index (χ2v) is 14.8. The molecule has 0 unspecified atom stereocenters. The van der Waals surface area contributed by atoms with E-state index in [1.54, 1.807) is 0 Å². The SMILES string of the molecule is CC1(C)c2ccccc2-c2ccc(N(c3ccc4cc(-c5ccccc5)ccc4c3)c3cccc4c3oc3cccc(-c5nc6ccccc6o5)c34)cc21. The zero-order chi connectivity index (χ0) is 36.0. The average molecular weight is 695 g/mol. The number of para-hydroxylation sites is 3. The van der Waals surface area contributed by atoms with Crippen molar-refractivity contribution in [2.24, 2.45) is 0 Å². The Morgan fingerprint density at radius 2 is 1.20 bits per heavy atom. The molecule has 4 heteroatoms. The van der Waals surface area contributed by atoms with Crippen LogP contribution in [0.2, 0.25) is 0 Å². The molecule has 0 bridgehead atoms. The number of anilines is 3. The number of rotatable bonds is 5. The van der Waals surface area contributed by atoms with Gasteiger partial charge in [-0.1, -0.05) is 123 Å². The van der Waals surface area contributed by atoms with E-state index in [4.69, 9.17) is 13.8 Å². The van der Waals surface area contributed by atoms with Crippen LogP contribution in [-0.4, -0.2) is 4.98 Å². The van der Waals surface area contributed by atoms with Crippen molar-refractivity contribution in [1.82, 2.24) is 4.98 Å². The van der Waals surface area contributed by atoms with E-state index in [-0.39, 0.29) is 5.41 Å². The van der Waals surface area contributed by atoms with Crippen LogP contribution in [0.25, 0.3) is 77.5 Å². The molecule has 0 radical (unpaired) electrons. The molecule has 0 N–H and O–H groups in total. The predicted octanol–water partition coefficient (Wildman–Crippen LogP) is 14.0. The van der Waals surface area contributed by atoms with Crippen molar-refractivity contribution in [2.75, 3.05) is 4.90 Å². The highest BCUT2D eigenvalue weighted by atomic mass is 16.3. The van der Waals surface area contributed by atoms with E-state index in [0.717, 1.165) is 55.7 Å². The monoisotopic (exact) mass is 694 g/mol. The minimum Gasteiger partial charge on any atom is -0.454 e. The van der Waals surface area contributed by atoms with Gasteiger partial charge in [-0.3, -0.25) is 0 Å². The van der Waals surface area contributed by atoms with Gasteiger partial charge in [-0.15, -0.1) is 0 Å². The molecule has 0 amide bonds. The van der Waals surface area contributed by atoms with Gasteiger partial charge in [0.1, 0.15) is 11.1 Å². The first-order chi connectivity index (χ1) is 26.5. The Morgan fingerprint density at radius 1 is 0.500 bits per heavy atom. The molecule has 1 aliphatic rings. The maximum Gasteiger partial charge on any atom is 0.228 e. The molecule has 0 fully saturated rings. The summed E-state index contributed by atoms with van der Waals surface area (Å²) in [4.78, 5) is 7.23. The van der Waals surface area contributed by atoms with Crippen LogP contribution < -0.4 is 4.90 Å². The molecular weight excluding hydrogens is 661 g/mol. The number of hydrogen-bond donors (Lipinski definition) is 0. The molecule has 2 aromatic heterocycles. The van der Waals surface area contributed by atoms with Crippen LogP contribution in [0.3, 0.4) is 0 Å². The van der Waals surface area contributed by atoms with E-state index in [0.29, 0.717) is 5.89 Å². The van der Waals surface area contributed by atoms with Gasteiger partial charge in [0.15, 0.2) is 11.2 Å². The minimum atomic E-state index is -0.148. The first-order valence-corrected chi connectivity index (χ1v) is 18.5. The Bertz CT molecular complexity index is 3060. The van der Waals surface area contributed by atoms with Gasteiger partial charge in [0, 0.05) is 33.1 Å². The van der Waals surface area contributed by atoms with Gasteiger partial charge in [0.25, 0.3) is 0 Å². The predicted molar refractivity (Wildman–Crippen MR) is 222 cm³/mol. The summed E-state index contributed by atoms with van der Waals surface area (Å²) in [5.74, 6) is 0.580. The van der Waals surface area contributed by atoms with Gasteiger partial charge in [0.2, 0.25) is 5.89 Å². The van der Waals surface area contributed by atoms with Crippen LogP contribution in [0.4, 0.5) is 17.1 Å². The quantitative estimate of drug-likeness (QED) is 0.180. The van der Waals surface area contributed by atoms with Crippen molar-refractivity contribution < 1.29 is 8.83 Å². The highest BCUT2D eigenvalue weighted by Crippen LogP contribution is 2.52. The van der Waals surface area contributed by atoms with Crippen LogP contribution in [0.5, 0.6) is 0 Å². The molecule has 2 heterocycles. The third kappa shape index (κ3) is 4.60. The number of oxazole rings is 1. The third-order valence-electron chi connectivity index (χ3n) is 11.3. The fraction of sp³-hybridized carbons (Fsp3) is 0.0600. The normalized spacial score (nSPS) is 13.1. The van der Waals surface area contributed by atoms with Crippen molar-refractivity contribution in [1.29, 1.82) is 0 Å². The summed E-state index contributed by atoms with van der Waals surface area (Å²) >= 11 is 0. The lowest BCUT2D eigenvalue weighted by Crippen LogP contribution is -2.16. The molecule has 0 atom stereocenters. The van der Waals surface area contributed by atoms with Crippen LogP contribution in [-0.2, 0) is 5.41 Å². The van der Waals surface area contributed by atoms with Crippen molar-refractivity contribution >= 4 is 60.9 Å². The van der Waals surface area contributed by atoms with Crippen LogP contribution >= 0.6 is 0 Å². The molecule has 54 heavy (non-hydrogen) atoms. The Labute approximate surface area is 312 Å². The lowest BCUT2D eigenvalue weighted by molar-refractivity contribution is 0.620. The van der Waals surface area contributed by atoms with E-state index in [2.05, 4.69) is 152 Å². The maximum absolute atomic E-state index is 6.87. The zero-order valence-corrected chi connectivity index (χ0v) is 29.9. The third-order valence-corrected chi connectivity index (χ3v) is 11.3. The first-order valence-electron chi connectivity index (χ1n) is 18.5. The fourth-order valence-corrected chi connectivity index (χ4v) is 8.62. The molecule has 256 valence electrons. The second-order valence-electron chi connectivity index (χ2n) is 14.8. The minimum absolute atomic E-state index is 0.148. The first kappa shape index (κ1) is 30.7. The van der Waals surface area contributed by atoms with Gasteiger partial charge >= 0.3 is 0 Å². The number of fused-ring (bicyclic) bond motifs is 8. The highest BCUT2D eigenvalue weighted by Gasteiger charge is 2.36. The largest absolute Gasteiger partial charge is 0.454 e. The average Bonchev–Trinajstić information content (AvgIpc) is 3.89. The van der Waals surface area contributed by atoms with E-state index < -0.39 is 0 Å². The second kappa shape index (κ2) is 11.5. The topological polar surface area (TPSA) is 42.4 Å². The zero-order valence-electron chi connectivity index (χ0n) is 29.9. The van der Waals surface area contributed by atoms with Gasteiger partial charge in [-0.25, -0.2) is 4.98 Å². The summed E-state index contributed by atoms with van der Waals surface area (Å²) in [5.41, 5.74) is 14.7. The van der Waals surface area contributed by atoms with E-state index in [9.17, 15) is 0 Å². The Balaban J connectivity index is 1.13. The molecule has 4 nitrogen and oxygen atoms in total. The van der Waals surface area contributed by atoms with Crippen LogP contribution in [0.15, 0.2) is 179 Å². The smallest absolute Gasteiger partial charge is 0.228 e. The number of aromatic nitrogens is 1. The number of hydrogen-bond acceptors (Lipinski definition) is 4. The molecule has 0 spiro atoms. The van der Waals surface area contributed by atoms with Gasteiger partial charge in [-0.05, 0) is 105 Å². The van der Waals surface area contributed by atoms with Crippen molar-refractivity contribution in [3.63, 3.8) is 0 Å². The van der Waals surface area contributed by atoms with Crippen LogP contribution in [0, 0.1) is 0 Å². The van der Waals surface area contributed by atoms with Crippen molar-refractivity contribution in [2.45, 2.75) is 19.3 Å².